The van der Waals surface area contributed by atoms with Gasteiger partial charge in [0.25, 0.3) is 5.22 Å². The van der Waals surface area contributed by atoms with Crippen molar-refractivity contribution in [1.29, 1.82) is 0 Å². The summed E-state index contributed by atoms with van der Waals surface area (Å²) < 4.78 is 5.59. The van der Waals surface area contributed by atoms with Gasteiger partial charge in [-0.15, -0.1) is 0 Å². The van der Waals surface area contributed by atoms with Gasteiger partial charge in [0.15, 0.2) is 0 Å². The lowest BCUT2D eigenvalue weighted by Gasteiger charge is -2.10. The molecule has 0 radical (unpaired) electrons. The van der Waals surface area contributed by atoms with E-state index >= 15 is 0 Å². The fourth-order valence-electron chi connectivity index (χ4n) is 1.67. The minimum Gasteiger partial charge on any atom is -0.436 e. The van der Waals surface area contributed by atoms with Crippen LogP contribution in [0.3, 0.4) is 0 Å². The lowest BCUT2D eigenvalue weighted by molar-refractivity contribution is 0.430. The molecule has 0 amide bonds. The smallest absolute Gasteiger partial charge is 0.262 e. The fraction of sp³-hybridized carbons (Fsp3) is 0.429. The highest BCUT2D eigenvalue weighted by Crippen LogP contribution is 2.29. The minimum atomic E-state index is 0.164. The number of oxazole rings is 1. The molecule has 2 N–H and O–H groups in total. The Kier molecular flexibility index (Phi) is 4.61. The van der Waals surface area contributed by atoms with Crippen molar-refractivity contribution in [3.8, 4) is 0 Å². The number of hydrogen-bond acceptors (Lipinski definition) is 5. The second kappa shape index (κ2) is 6.21. The molecule has 0 aliphatic carbocycles. The van der Waals surface area contributed by atoms with Crippen molar-refractivity contribution in [2.45, 2.75) is 49.9 Å². The number of rotatable bonds is 5. The van der Waals surface area contributed by atoms with E-state index in [1.165, 1.54) is 11.8 Å². The third-order valence-electron chi connectivity index (χ3n) is 3.05. The molecule has 1 atom stereocenters. The predicted octanol–water partition coefficient (Wildman–Crippen LogP) is 3.12. The van der Waals surface area contributed by atoms with Crippen LogP contribution >= 0.6 is 11.8 Å². The van der Waals surface area contributed by atoms with Gasteiger partial charge >= 0.3 is 0 Å². The van der Waals surface area contributed by atoms with Gasteiger partial charge in [-0.3, -0.25) is 0 Å². The van der Waals surface area contributed by atoms with Gasteiger partial charge in [-0.25, -0.2) is 9.97 Å². The number of nitrogens with zero attached hydrogens (tertiary/aromatic N) is 2. The summed E-state index contributed by atoms with van der Waals surface area (Å²) in [5, 5.41) is 1.56. The van der Waals surface area contributed by atoms with Crippen LogP contribution in [-0.4, -0.2) is 16.0 Å². The Bertz CT molecular complexity index is 534. The van der Waals surface area contributed by atoms with Crippen molar-refractivity contribution in [2.75, 3.05) is 0 Å². The third kappa shape index (κ3) is 3.58. The monoisotopic (exact) mass is 277 g/mol. The average molecular weight is 277 g/mol. The third-order valence-corrected chi connectivity index (χ3v) is 3.96. The highest BCUT2D eigenvalue weighted by molar-refractivity contribution is 7.99. The number of aromatic nitrogens is 2. The molecule has 0 saturated carbocycles. The lowest BCUT2D eigenvalue weighted by atomic mass is 10.1. The predicted molar refractivity (Wildman–Crippen MR) is 76.3 cm³/mol. The average Bonchev–Trinajstić information content (AvgIpc) is 2.70. The first-order valence-corrected chi connectivity index (χ1v) is 7.23. The molecule has 2 heterocycles. The maximum absolute atomic E-state index is 6.02. The lowest BCUT2D eigenvalue weighted by Crippen LogP contribution is -2.21. The van der Waals surface area contributed by atoms with E-state index in [4.69, 9.17) is 10.2 Å². The van der Waals surface area contributed by atoms with E-state index in [1.54, 1.807) is 6.20 Å². The van der Waals surface area contributed by atoms with Crippen molar-refractivity contribution in [2.24, 2.45) is 5.73 Å². The summed E-state index contributed by atoms with van der Waals surface area (Å²) in [6.45, 7) is 5.95. The van der Waals surface area contributed by atoms with Crippen molar-refractivity contribution in [3.63, 3.8) is 0 Å². The van der Waals surface area contributed by atoms with E-state index in [-0.39, 0.29) is 6.04 Å². The van der Waals surface area contributed by atoms with Crippen LogP contribution in [0.1, 0.15) is 30.4 Å². The molecule has 5 heteroatoms. The van der Waals surface area contributed by atoms with E-state index in [9.17, 15) is 0 Å². The largest absolute Gasteiger partial charge is 0.436 e. The van der Waals surface area contributed by atoms with Gasteiger partial charge < -0.3 is 10.2 Å². The van der Waals surface area contributed by atoms with E-state index in [0.29, 0.717) is 5.22 Å². The number of hydrogen-bond donors (Lipinski definition) is 1. The Hall–Kier alpha value is -1.33. The molecule has 0 saturated heterocycles. The Labute approximate surface area is 117 Å². The molecule has 0 spiro atoms. The Morgan fingerprint density at radius 2 is 2.21 bits per heavy atom. The van der Waals surface area contributed by atoms with Gasteiger partial charge in [0.2, 0.25) is 0 Å². The second-order valence-corrected chi connectivity index (χ2v) is 5.50. The normalized spacial score (nSPS) is 12.6. The van der Waals surface area contributed by atoms with Crippen LogP contribution in [-0.2, 0) is 6.42 Å². The minimum absolute atomic E-state index is 0.164. The molecule has 2 aromatic rings. The second-order valence-electron chi connectivity index (χ2n) is 4.56. The van der Waals surface area contributed by atoms with Crippen LogP contribution < -0.4 is 5.73 Å². The summed E-state index contributed by atoms with van der Waals surface area (Å²) in [6.07, 6.45) is 3.56. The van der Waals surface area contributed by atoms with Crippen molar-refractivity contribution in [3.05, 3.63) is 35.3 Å². The topological polar surface area (TPSA) is 64.9 Å². The molecule has 1 unspecified atom stereocenters. The van der Waals surface area contributed by atoms with Crippen molar-refractivity contribution >= 4 is 11.8 Å². The zero-order chi connectivity index (χ0) is 13.8. The zero-order valence-electron chi connectivity index (χ0n) is 11.5. The molecule has 2 rings (SSSR count). The van der Waals surface area contributed by atoms with Crippen LogP contribution in [0.4, 0.5) is 0 Å². The van der Waals surface area contributed by atoms with E-state index in [1.807, 2.05) is 19.9 Å². The van der Waals surface area contributed by atoms with E-state index < -0.39 is 0 Å². The molecule has 2 aromatic heterocycles. The highest BCUT2D eigenvalue weighted by atomic mass is 32.2. The maximum Gasteiger partial charge on any atom is 0.262 e. The summed E-state index contributed by atoms with van der Waals surface area (Å²) in [4.78, 5) is 8.78. The van der Waals surface area contributed by atoms with Crippen molar-refractivity contribution in [1.82, 2.24) is 9.97 Å². The van der Waals surface area contributed by atoms with Crippen LogP contribution in [0.2, 0.25) is 0 Å². The van der Waals surface area contributed by atoms with E-state index in [0.717, 1.165) is 34.9 Å². The van der Waals surface area contributed by atoms with Gasteiger partial charge in [-0.1, -0.05) is 13.0 Å². The molecule has 102 valence electrons. The molecule has 0 aliphatic rings. The van der Waals surface area contributed by atoms with Crippen LogP contribution in [0, 0.1) is 13.8 Å². The maximum atomic E-state index is 6.02. The first-order valence-electron chi connectivity index (χ1n) is 6.41. The Balaban J connectivity index is 2.19. The summed E-state index contributed by atoms with van der Waals surface area (Å²) >= 11 is 1.46. The molecule has 4 nitrogen and oxygen atoms in total. The summed E-state index contributed by atoms with van der Waals surface area (Å²) in [6, 6.07) is 4.16. The molecule has 0 aliphatic heterocycles. The summed E-state index contributed by atoms with van der Waals surface area (Å²) in [5.41, 5.74) is 8.09. The van der Waals surface area contributed by atoms with Crippen LogP contribution in [0.25, 0.3) is 0 Å². The number of pyridine rings is 1. The standard InChI is InChI=1S/C14H19N3OS/c1-4-12(15)8-11-6-5-7-16-13(11)19-14-17-9(2)10(3)18-14/h5-7,12H,4,8,15H2,1-3H3. The first kappa shape index (κ1) is 14.1. The Morgan fingerprint density at radius 1 is 1.42 bits per heavy atom. The number of nitrogens with two attached hydrogens (primary N) is 1. The van der Waals surface area contributed by atoms with Crippen LogP contribution in [0.15, 0.2) is 33.0 Å². The summed E-state index contributed by atoms with van der Waals surface area (Å²) in [5.74, 6) is 0.852. The van der Waals surface area contributed by atoms with Gasteiger partial charge in [0.1, 0.15) is 10.8 Å². The van der Waals surface area contributed by atoms with Crippen molar-refractivity contribution < 1.29 is 4.42 Å². The van der Waals surface area contributed by atoms with Gasteiger partial charge in [-0.05, 0) is 50.1 Å². The zero-order valence-corrected chi connectivity index (χ0v) is 12.3. The molecule has 0 aromatic carbocycles. The van der Waals surface area contributed by atoms with Gasteiger partial charge in [0.05, 0.1) is 5.69 Å². The number of aryl methyl sites for hydroxylation is 2. The van der Waals surface area contributed by atoms with Gasteiger partial charge in [-0.2, -0.15) is 0 Å². The fourth-order valence-corrected chi connectivity index (χ4v) is 2.58. The molecule has 0 bridgehead atoms. The molecule has 0 fully saturated rings. The van der Waals surface area contributed by atoms with E-state index in [2.05, 4.69) is 23.0 Å². The molecular weight excluding hydrogens is 258 g/mol. The van der Waals surface area contributed by atoms with Crippen LogP contribution in [0.5, 0.6) is 0 Å². The summed E-state index contributed by atoms with van der Waals surface area (Å²) in [7, 11) is 0. The SMILES string of the molecule is CCC(N)Cc1cccnc1Sc1nc(C)c(C)o1. The quantitative estimate of drug-likeness (QED) is 0.909. The first-order chi connectivity index (χ1) is 9.10. The molecule has 19 heavy (non-hydrogen) atoms. The Morgan fingerprint density at radius 3 is 2.84 bits per heavy atom. The molecular formula is C14H19N3OS. The van der Waals surface area contributed by atoms with Gasteiger partial charge in [0, 0.05) is 12.2 Å². The highest BCUT2D eigenvalue weighted by Gasteiger charge is 2.13.